The highest BCUT2D eigenvalue weighted by Crippen LogP contribution is 2.21. The summed E-state index contributed by atoms with van der Waals surface area (Å²) < 4.78 is 5.83. The van der Waals surface area contributed by atoms with Crippen molar-refractivity contribution in [3.05, 3.63) is 35.9 Å². The van der Waals surface area contributed by atoms with Gasteiger partial charge in [0.15, 0.2) is 0 Å². The summed E-state index contributed by atoms with van der Waals surface area (Å²) in [5.74, 6) is 0. The molecule has 1 heterocycles. The van der Waals surface area contributed by atoms with Crippen LogP contribution in [0.3, 0.4) is 0 Å². The van der Waals surface area contributed by atoms with Crippen molar-refractivity contribution in [3.8, 4) is 0 Å². The van der Waals surface area contributed by atoms with Crippen LogP contribution in [0.2, 0.25) is 0 Å². The van der Waals surface area contributed by atoms with Crippen molar-refractivity contribution in [2.24, 2.45) is 0 Å². The second kappa shape index (κ2) is 6.51. The molecule has 0 saturated carbocycles. The Kier molecular flexibility index (Phi) is 4.97. The molecule has 1 aromatic rings. The Bertz CT molecular complexity index is 378. The molecule has 1 aromatic carbocycles. The van der Waals surface area contributed by atoms with Crippen molar-refractivity contribution in [2.75, 3.05) is 26.2 Å². The zero-order valence-corrected chi connectivity index (χ0v) is 12.0. The van der Waals surface area contributed by atoms with Gasteiger partial charge in [-0.3, -0.25) is 4.90 Å². The number of morpholine rings is 1. The zero-order chi connectivity index (χ0) is 13.7. The molecular formula is C16H25NO2. The number of aliphatic hydroxyl groups excluding tert-OH is 1. The smallest absolute Gasteiger partial charge is 0.0940 e. The highest BCUT2D eigenvalue weighted by Gasteiger charge is 2.32. The molecule has 1 N–H and O–H groups in total. The maximum atomic E-state index is 9.29. The minimum Gasteiger partial charge on any atom is -0.394 e. The average Bonchev–Trinajstić information content (AvgIpc) is 2.38. The fraction of sp³-hybridized carbons (Fsp3) is 0.625. The summed E-state index contributed by atoms with van der Waals surface area (Å²) in [7, 11) is 0. The van der Waals surface area contributed by atoms with Gasteiger partial charge in [-0.25, -0.2) is 0 Å². The van der Waals surface area contributed by atoms with E-state index in [1.54, 1.807) is 0 Å². The van der Waals surface area contributed by atoms with Gasteiger partial charge in [0.25, 0.3) is 0 Å². The normalized spacial score (nSPS) is 23.4. The van der Waals surface area contributed by atoms with Crippen LogP contribution in [-0.2, 0) is 11.2 Å². The fourth-order valence-electron chi connectivity index (χ4n) is 2.83. The Morgan fingerprint density at radius 2 is 2.05 bits per heavy atom. The van der Waals surface area contributed by atoms with Crippen molar-refractivity contribution in [3.63, 3.8) is 0 Å². The van der Waals surface area contributed by atoms with E-state index >= 15 is 0 Å². The first kappa shape index (κ1) is 14.5. The SMILES string of the molecule is CC1(C)CN(CCCc2ccccc2)CC(CO)O1. The molecule has 2 rings (SSSR count). The van der Waals surface area contributed by atoms with Crippen molar-refractivity contribution in [1.29, 1.82) is 0 Å². The highest BCUT2D eigenvalue weighted by atomic mass is 16.5. The third kappa shape index (κ3) is 4.60. The van der Waals surface area contributed by atoms with E-state index in [1.165, 1.54) is 5.56 Å². The Labute approximate surface area is 116 Å². The van der Waals surface area contributed by atoms with E-state index < -0.39 is 0 Å². The molecule has 3 heteroatoms. The second-order valence-corrected chi connectivity index (χ2v) is 6.01. The third-order valence-electron chi connectivity index (χ3n) is 3.54. The van der Waals surface area contributed by atoms with Crippen LogP contribution in [-0.4, -0.2) is 48.0 Å². The first-order valence-corrected chi connectivity index (χ1v) is 7.14. The zero-order valence-electron chi connectivity index (χ0n) is 12.0. The molecule has 1 unspecified atom stereocenters. The van der Waals surface area contributed by atoms with Crippen molar-refractivity contribution < 1.29 is 9.84 Å². The molecule has 1 fully saturated rings. The van der Waals surface area contributed by atoms with E-state index in [2.05, 4.69) is 49.1 Å². The lowest BCUT2D eigenvalue weighted by molar-refractivity contribution is -0.148. The molecule has 1 saturated heterocycles. The lowest BCUT2D eigenvalue weighted by atomic mass is 10.0. The van der Waals surface area contributed by atoms with Crippen molar-refractivity contribution in [1.82, 2.24) is 4.90 Å². The molecular weight excluding hydrogens is 238 g/mol. The van der Waals surface area contributed by atoms with Crippen LogP contribution in [0.4, 0.5) is 0 Å². The van der Waals surface area contributed by atoms with Crippen LogP contribution >= 0.6 is 0 Å². The summed E-state index contributed by atoms with van der Waals surface area (Å²) in [6, 6.07) is 10.6. The Morgan fingerprint density at radius 3 is 2.74 bits per heavy atom. The molecule has 1 aliphatic rings. The first-order chi connectivity index (χ1) is 9.09. The number of aliphatic hydroxyl groups is 1. The number of aryl methyl sites for hydroxylation is 1. The van der Waals surface area contributed by atoms with E-state index in [0.717, 1.165) is 32.5 Å². The summed E-state index contributed by atoms with van der Waals surface area (Å²) in [6.07, 6.45) is 2.22. The maximum Gasteiger partial charge on any atom is 0.0940 e. The topological polar surface area (TPSA) is 32.7 Å². The van der Waals surface area contributed by atoms with Crippen LogP contribution in [0.5, 0.6) is 0 Å². The molecule has 1 aliphatic heterocycles. The van der Waals surface area contributed by atoms with Gasteiger partial charge in [-0.1, -0.05) is 30.3 Å². The van der Waals surface area contributed by atoms with E-state index in [9.17, 15) is 5.11 Å². The standard InChI is InChI=1S/C16H25NO2/c1-16(2)13-17(11-15(12-18)19-16)10-6-9-14-7-4-3-5-8-14/h3-5,7-8,15,18H,6,9-13H2,1-2H3. The highest BCUT2D eigenvalue weighted by molar-refractivity contribution is 5.14. The molecule has 19 heavy (non-hydrogen) atoms. The number of benzene rings is 1. The lowest BCUT2D eigenvalue weighted by Gasteiger charge is -2.42. The van der Waals surface area contributed by atoms with Gasteiger partial charge in [0.2, 0.25) is 0 Å². The molecule has 106 valence electrons. The largest absolute Gasteiger partial charge is 0.394 e. The quantitative estimate of drug-likeness (QED) is 0.883. The molecule has 0 radical (unpaired) electrons. The molecule has 0 aliphatic carbocycles. The number of ether oxygens (including phenoxy) is 1. The number of hydrogen-bond acceptors (Lipinski definition) is 3. The first-order valence-electron chi connectivity index (χ1n) is 7.14. The predicted octanol–water partition coefficient (Wildman–Crippen LogP) is 2.09. The summed E-state index contributed by atoms with van der Waals surface area (Å²) in [5.41, 5.74) is 1.24. The van der Waals surface area contributed by atoms with Crippen molar-refractivity contribution in [2.45, 2.75) is 38.4 Å². The summed E-state index contributed by atoms with van der Waals surface area (Å²) in [6.45, 7) is 7.15. The van der Waals surface area contributed by atoms with E-state index in [4.69, 9.17) is 4.74 Å². The molecule has 3 nitrogen and oxygen atoms in total. The summed E-state index contributed by atoms with van der Waals surface area (Å²) in [4.78, 5) is 2.41. The van der Waals surface area contributed by atoms with E-state index in [-0.39, 0.29) is 18.3 Å². The van der Waals surface area contributed by atoms with Gasteiger partial charge in [0, 0.05) is 13.1 Å². The summed E-state index contributed by atoms with van der Waals surface area (Å²) in [5, 5.41) is 9.29. The van der Waals surface area contributed by atoms with Crippen molar-refractivity contribution >= 4 is 0 Å². The van der Waals surface area contributed by atoms with Crippen LogP contribution in [0.25, 0.3) is 0 Å². The summed E-state index contributed by atoms with van der Waals surface area (Å²) >= 11 is 0. The number of hydrogen-bond donors (Lipinski definition) is 1. The molecule has 0 bridgehead atoms. The van der Waals surface area contributed by atoms with Gasteiger partial charge in [-0.05, 0) is 38.8 Å². The van der Waals surface area contributed by atoms with Crippen LogP contribution in [0, 0.1) is 0 Å². The lowest BCUT2D eigenvalue weighted by Crippen LogP contribution is -2.53. The Morgan fingerprint density at radius 1 is 1.32 bits per heavy atom. The van der Waals surface area contributed by atoms with Gasteiger partial charge in [-0.15, -0.1) is 0 Å². The maximum absolute atomic E-state index is 9.29. The molecule has 1 atom stereocenters. The van der Waals surface area contributed by atoms with Gasteiger partial charge in [0.1, 0.15) is 0 Å². The van der Waals surface area contributed by atoms with Gasteiger partial charge in [-0.2, -0.15) is 0 Å². The van der Waals surface area contributed by atoms with Crippen LogP contribution in [0.1, 0.15) is 25.8 Å². The van der Waals surface area contributed by atoms with Crippen LogP contribution in [0.15, 0.2) is 30.3 Å². The van der Waals surface area contributed by atoms with Gasteiger partial charge < -0.3 is 9.84 Å². The molecule has 0 spiro atoms. The predicted molar refractivity (Wildman–Crippen MR) is 77.2 cm³/mol. The molecule has 0 aromatic heterocycles. The minimum atomic E-state index is -0.154. The van der Waals surface area contributed by atoms with E-state index in [0.29, 0.717) is 0 Å². The molecule has 0 amide bonds. The van der Waals surface area contributed by atoms with Gasteiger partial charge >= 0.3 is 0 Å². The average molecular weight is 263 g/mol. The fourth-order valence-corrected chi connectivity index (χ4v) is 2.83. The Balaban J connectivity index is 1.79. The van der Waals surface area contributed by atoms with Gasteiger partial charge in [0.05, 0.1) is 18.3 Å². The van der Waals surface area contributed by atoms with E-state index in [1.807, 2.05) is 0 Å². The van der Waals surface area contributed by atoms with Crippen LogP contribution < -0.4 is 0 Å². The Hall–Kier alpha value is -0.900. The number of nitrogens with zero attached hydrogens (tertiary/aromatic N) is 1. The number of rotatable bonds is 5. The monoisotopic (exact) mass is 263 g/mol. The third-order valence-corrected chi connectivity index (χ3v) is 3.54. The second-order valence-electron chi connectivity index (χ2n) is 6.01. The minimum absolute atomic E-state index is 0.0412.